The number of phenols is 1. The third-order valence-electron chi connectivity index (χ3n) is 21.9. The van der Waals surface area contributed by atoms with Gasteiger partial charge in [0.25, 0.3) is 0 Å². The number of phenolic OH excluding ortho intramolecular Hbond substituents is 1. The van der Waals surface area contributed by atoms with Crippen LogP contribution in [0.2, 0.25) is 0 Å². The number of para-hydroxylation sites is 2. The van der Waals surface area contributed by atoms with Crippen LogP contribution >= 0.6 is 0 Å². The van der Waals surface area contributed by atoms with Crippen molar-refractivity contribution in [2.24, 2.45) is 34.4 Å². The highest BCUT2D eigenvalue weighted by Gasteiger charge is 2.39. The maximum atomic E-state index is 15.7. The summed E-state index contributed by atoms with van der Waals surface area (Å²) in [5.41, 5.74) is 36.8. The monoisotopic (exact) mass is 1880 g/mol. The Labute approximate surface area is 779 Å². The largest absolute Gasteiger partial charge is 0.508 e. The van der Waals surface area contributed by atoms with Crippen LogP contribution in [0, 0.1) is 10.8 Å². The lowest BCUT2D eigenvalue weighted by molar-refractivity contribution is -0.137. The van der Waals surface area contributed by atoms with E-state index in [0.29, 0.717) is 69.9 Å². The number of aliphatic hydroxyl groups excluding tert-OH is 1. The Morgan fingerprint density at radius 3 is 1.60 bits per heavy atom. The highest BCUT2D eigenvalue weighted by Crippen LogP contribution is 2.23. The summed E-state index contributed by atoms with van der Waals surface area (Å²) < 4.78 is 5.38. The van der Waals surface area contributed by atoms with Crippen LogP contribution in [0.3, 0.4) is 0 Å². The molecule has 732 valence electrons. The molecule has 34 N–H and O–H groups in total. The molecule has 1 aliphatic heterocycles. The molecule has 0 aliphatic carbocycles. The second kappa shape index (κ2) is 56.3. The van der Waals surface area contributed by atoms with E-state index in [4.69, 9.17) is 50.0 Å². The number of guanidine groups is 2. The molecule has 13 atom stereocenters. The zero-order valence-electron chi connectivity index (χ0n) is 75.5. The van der Waals surface area contributed by atoms with Gasteiger partial charge in [0.15, 0.2) is 11.9 Å². The Morgan fingerprint density at radius 2 is 1.01 bits per heavy atom. The average molecular weight is 1880 g/mol. The molecule has 0 fully saturated rings. The molecule has 0 saturated heterocycles. The number of aromatic nitrogens is 2. The first-order chi connectivity index (χ1) is 64.6. The number of nitrogens with one attached hydrogen (secondary N) is 20. The van der Waals surface area contributed by atoms with Crippen molar-refractivity contribution in [3.8, 4) is 5.75 Å². The molecule has 0 spiro atoms. The van der Waals surface area contributed by atoms with E-state index in [1.54, 1.807) is 91.3 Å². The molecule has 45 nitrogen and oxygen atoms in total. The highest BCUT2D eigenvalue weighted by molar-refractivity contribution is 6.01. The predicted molar refractivity (Wildman–Crippen MR) is 498 cm³/mol. The SMILES string of the molecule is CC(=O)NC1C/C=C\CCC(C(=O)N[C@@H](Cc2ccc(O)cc2)C(=O)N[C@@H](Cc2c[nH]c3ccccc23)C(=O)N[C@@H](CCCNC(=N)N)C(=O)N[C@@H](CCCCN)C(=O)N[C@@H](Cc2ccccc2)C(=O)NCC(=O)NCCOCC(=O)N[C@H](CCCCN)C(N)=O)NC(=O)[C@H](CCC(N)=O)NC(=O)[C@H](Cc2c[nH]c3ccccc23)NC(=O)[C@H]([C@@H](C)O)NC(=O)[C@H](CCCNC(=N)N)NC1=O. The smallest absolute Gasteiger partial charge is 0.246 e. The van der Waals surface area contributed by atoms with Gasteiger partial charge in [-0.1, -0.05) is 91.0 Å². The molecule has 16 amide bonds. The average Bonchev–Trinajstić information content (AvgIpc) is 1.71. The minimum absolute atomic E-state index is 0.0231. The van der Waals surface area contributed by atoms with Gasteiger partial charge < -0.3 is 144 Å². The maximum Gasteiger partial charge on any atom is 0.246 e. The van der Waals surface area contributed by atoms with Crippen molar-refractivity contribution < 1.29 is 91.7 Å². The van der Waals surface area contributed by atoms with Gasteiger partial charge in [-0.3, -0.25) is 87.5 Å². The summed E-state index contributed by atoms with van der Waals surface area (Å²) in [7, 11) is 0. The summed E-state index contributed by atoms with van der Waals surface area (Å²) in [5.74, 6) is -15.7. The van der Waals surface area contributed by atoms with Crippen molar-refractivity contribution in [1.82, 2.24) is 95.0 Å². The second-order valence-corrected chi connectivity index (χ2v) is 32.7. The molecule has 7 rings (SSSR count). The number of aliphatic hydroxyl groups is 1. The summed E-state index contributed by atoms with van der Waals surface area (Å²) in [4.78, 5) is 234. The van der Waals surface area contributed by atoms with Crippen molar-refractivity contribution in [3.05, 3.63) is 150 Å². The summed E-state index contributed by atoms with van der Waals surface area (Å²) in [6.07, 6.45) is 2.97. The van der Waals surface area contributed by atoms with Crippen molar-refractivity contribution in [2.75, 3.05) is 52.5 Å². The summed E-state index contributed by atoms with van der Waals surface area (Å²) in [6.45, 7) is 1.54. The number of primary amides is 2. The van der Waals surface area contributed by atoms with Crippen LogP contribution in [0.25, 0.3) is 21.8 Å². The topological polar surface area (TPSA) is 751 Å². The van der Waals surface area contributed by atoms with Crippen LogP contribution in [0.15, 0.2) is 128 Å². The number of fused-ring (bicyclic) bond motifs is 2. The number of hydrogen-bond donors (Lipinski definition) is 28. The zero-order valence-corrected chi connectivity index (χ0v) is 75.5. The molecule has 1 aliphatic rings. The number of carbonyl (C=O) groups is 16. The lowest BCUT2D eigenvalue weighted by Gasteiger charge is -2.29. The summed E-state index contributed by atoms with van der Waals surface area (Å²) in [6, 6.07) is 9.17. The van der Waals surface area contributed by atoms with Gasteiger partial charge in [-0.15, -0.1) is 0 Å². The fraction of sp³-hybridized carbons (Fsp3) is 0.467. The van der Waals surface area contributed by atoms with Crippen LogP contribution in [0.1, 0.15) is 132 Å². The first-order valence-electron chi connectivity index (χ1n) is 44.7. The number of benzene rings is 4. The number of aromatic hydroxyl groups is 1. The minimum atomic E-state index is -1.86. The Balaban J connectivity index is 1.22. The van der Waals surface area contributed by atoms with E-state index in [0.717, 1.165) is 6.92 Å². The molecule has 0 saturated carbocycles. The summed E-state index contributed by atoms with van der Waals surface area (Å²) >= 11 is 0. The molecular formula is C90H128N26O19. The Bertz CT molecular complexity index is 5070. The lowest BCUT2D eigenvalue weighted by Crippen LogP contribution is -2.62. The van der Waals surface area contributed by atoms with Crippen LogP contribution < -0.4 is 119 Å². The van der Waals surface area contributed by atoms with Gasteiger partial charge in [0.2, 0.25) is 94.5 Å². The number of H-pyrrole nitrogens is 2. The third kappa shape index (κ3) is 37.5. The molecule has 3 heterocycles. The molecule has 6 aromatic rings. The van der Waals surface area contributed by atoms with Gasteiger partial charge >= 0.3 is 0 Å². The number of nitrogens with two attached hydrogens (primary N) is 6. The first kappa shape index (κ1) is 107. The highest BCUT2D eigenvalue weighted by atomic mass is 16.5. The van der Waals surface area contributed by atoms with Gasteiger partial charge in [0.05, 0.1) is 19.3 Å². The fourth-order valence-electron chi connectivity index (χ4n) is 14.8. The van der Waals surface area contributed by atoms with Crippen molar-refractivity contribution >= 4 is 128 Å². The Hall–Kier alpha value is -14.6. The fourth-order valence-corrected chi connectivity index (χ4v) is 14.8. The quantitative estimate of drug-likeness (QED) is 0.00739. The normalized spacial score (nSPS) is 18.0. The molecule has 0 radical (unpaired) electrons. The number of ether oxygens (including phenoxy) is 1. The van der Waals surface area contributed by atoms with E-state index in [1.807, 2.05) is 0 Å². The number of unbranched alkanes of at least 4 members (excludes halogenated alkanes) is 2. The zero-order chi connectivity index (χ0) is 98.5. The molecule has 45 heteroatoms. The van der Waals surface area contributed by atoms with Crippen LogP contribution in [0.4, 0.5) is 0 Å². The van der Waals surface area contributed by atoms with Crippen molar-refractivity contribution in [3.63, 3.8) is 0 Å². The van der Waals surface area contributed by atoms with Crippen molar-refractivity contribution in [2.45, 2.75) is 214 Å². The Kier molecular flexibility index (Phi) is 44.8. The Morgan fingerprint density at radius 1 is 0.496 bits per heavy atom. The van der Waals surface area contributed by atoms with Crippen LogP contribution in [-0.4, -0.2) is 258 Å². The molecule has 2 aromatic heterocycles. The minimum Gasteiger partial charge on any atom is -0.508 e. The molecule has 4 aromatic carbocycles. The number of allylic oxidation sites excluding steroid dienone is 1. The van der Waals surface area contributed by atoms with E-state index in [2.05, 4.69) is 95.0 Å². The molecule has 135 heavy (non-hydrogen) atoms. The standard InChI is InChI=1S/C90H128N26O19/c1-51(117)76-88(134)115-72(46-56-48-103-61-24-12-10-22-59(56)61)87(133)111-68(35-36-73(93)120)83(129)108-64(27-8-4-7-26-63(105-52(2)118)79(125)109-67(84(130)116-76)30-18-40-101-90(97)98)82(128)113-70(44-54-31-33-57(119)34-32-54)85(131)114-71(45-55-47-102-60-23-11-9-21-58(55)60)86(132)110-66(29-17-39-100-89(95)96)80(126)107-65(28-14-16-38-92)81(127)112-69(43-53-19-5-3-6-20-53)78(124)104-49-74(121)99-41-42-135-50-75(122)106-62(77(94)123)25-13-15-37-91/h3-7,9-12,19-24,31-34,47-48,51,62-72,76,102-103,117,119H,8,13-18,25-30,35-46,49-50,91-92H2,1-2H3,(H2,93,120)(H2,94,123)(H,99,121)(H,104,124)(H,105,118)(H,106,122)(H,107,126)(H,108,129)(H,109,125)(H,110,132)(H,111,133)(H,112,127)(H,113,128)(H,114,131)(H,115,134)(H,116,130)(H4,95,96,100)(H4,97,98,101)/b7-4-/t51-,62-,63?,64?,65+,66+,67+,68+,69+,70+,71+,72+,76+/m1/s1. The number of rotatable bonds is 49. The predicted octanol–water partition coefficient (Wildman–Crippen LogP) is -4.63. The second-order valence-electron chi connectivity index (χ2n) is 32.7. The first-order valence-corrected chi connectivity index (χ1v) is 44.7. The van der Waals surface area contributed by atoms with E-state index < -0.39 is 217 Å². The van der Waals surface area contributed by atoms with E-state index in [9.17, 15) is 58.2 Å². The van der Waals surface area contributed by atoms with Crippen LogP contribution in [0.5, 0.6) is 5.75 Å². The van der Waals surface area contributed by atoms with Gasteiger partial charge in [-0.2, -0.15) is 0 Å². The molecule has 0 bridgehead atoms. The van der Waals surface area contributed by atoms with Gasteiger partial charge in [-0.05, 0) is 156 Å². The maximum absolute atomic E-state index is 15.7. The number of amides is 16. The number of aromatic amines is 2. The third-order valence-corrected chi connectivity index (χ3v) is 21.9. The number of hydrogen-bond acceptors (Lipinski definition) is 23. The van der Waals surface area contributed by atoms with Crippen LogP contribution in [-0.2, 0) is 107 Å². The van der Waals surface area contributed by atoms with Gasteiger partial charge in [-0.25, -0.2) is 0 Å². The lowest BCUT2D eigenvalue weighted by atomic mass is 10.00. The number of carbonyl (C=O) groups excluding carboxylic acids is 16. The van der Waals surface area contributed by atoms with E-state index in [-0.39, 0.29) is 122 Å². The van der Waals surface area contributed by atoms with Gasteiger partial charge in [0.1, 0.15) is 84.9 Å². The molecular weight excluding hydrogens is 1750 g/mol. The molecule has 2 unspecified atom stereocenters. The summed E-state index contributed by atoms with van der Waals surface area (Å²) in [5, 5.41) is 80.6. The van der Waals surface area contributed by atoms with E-state index in [1.165, 1.54) is 43.3 Å². The van der Waals surface area contributed by atoms with Crippen molar-refractivity contribution in [1.29, 1.82) is 10.8 Å². The van der Waals surface area contributed by atoms with Gasteiger partial charge in [0, 0.05) is 92.9 Å². The van der Waals surface area contributed by atoms with E-state index >= 15 is 28.8 Å².